The van der Waals surface area contributed by atoms with Gasteiger partial charge in [0.25, 0.3) is 0 Å². The average Bonchev–Trinajstić information content (AvgIpc) is 2.45. The lowest BCUT2D eigenvalue weighted by Crippen LogP contribution is -2.19. The summed E-state index contributed by atoms with van der Waals surface area (Å²) in [5, 5.41) is 20.7. The maximum Gasteiger partial charge on any atom is 0.189 e. The molecule has 5 nitrogen and oxygen atoms in total. The molecule has 0 aliphatic heterocycles. The van der Waals surface area contributed by atoms with Crippen LogP contribution in [0, 0.1) is 6.92 Å². The second-order valence-electron chi connectivity index (χ2n) is 5.26. The number of thioether (sulfide) groups is 1. The number of hydrogen-bond acceptors (Lipinski definition) is 5. The molecule has 0 radical (unpaired) electrons. The molecule has 2 atom stereocenters. The smallest absolute Gasteiger partial charge is 0.189 e. The fraction of sp³-hybridized carbons (Fsp3) is 0.375. The summed E-state index contributed by atoms with van der Waals surface area (Å²) in [6, 6.07) is 6.50. The summed E-state index contributed by atoms with van der Waals surface area (Å²) < 4.78 is 0. The molecule has 0 amide bonds. The minimum atomic E-state index is -1.09. The van der Waals surface area contributed by atoms with Crippen LogP contribution in [0.25, 0.3) is 10.9 Å². The van der Waals surface area contributed by atoms with Crippen LogP contribution in [0.1, 0.15) is 30.7 Å². The maximum absolute atomic E-state index is 12.0. The van der Waals surface area contributed by atoms with Gasteiger partial charge in [0.15, 0.2) is 10.5 Å². The zero-order valence-corrected chi connectivity index (χ0v) is 13.3. The van der Waals surface area contributed by atoms with Crippen LogP contribution in [-0.4, -0.2) is 32.2 Å². The van der Waals surface area contributed by atoms with Crippen LogP contribution in [0.4, 0.5) is 0 Å². The molecule has 3 N–H and O–H groups in total. The van der Waals surface area contributed by atoms with Crippen molar-refractivity contribution in [1.82, 2.24) is 4.98 Å². The van der Waals surface area contributed by atoms with Crippen molar-refractivity contribution >= 4 is 27.8 Å². The number of benzene rings is 1. The molecule has 1 aromatic carbocycles. The summed E-state index contributed by atoms with van der Waals surface area (Å²) in [4.78, 5) is 25.9. The zero-order valence-electron chi connectivity index (χ0n) is 12.5. The number of aryl methyl sites for hydroxylation is 1. The van der Waals surface area contributed by atoms with Gasteiger partial charge in [0.05, 0.1) is 6.10 Å². The van der Waals surface area contributed by atoms with Gasteiger partial charge < -0.3 is 15.2 Å². The van der Waals surface area contributed by atoms with Crippen molar-refractivity contribution in [1.29, 1.82) is 0 Å². The van der Waals surface area contributed by atoms with E-state index in [0.29, 0.717) is 28.6 Å². The van der Waals surface area contributed by atoms with Gasteiger partial charge in [-0.1, -0.05) is 17.8 Å². The number of aromatic nitrogens is 1. The number of H-pyrrole nitrogens is 1. The van der Waals surface area contributed by atoms with E-state index in [2.05, 4.69) is 4.98 Å². The Balaban J connectivity index is 2.19. The summed E-state index contributed by atoms with van der Waals surface area (Å²) >= 11 is 1.11. The molecule has 0 saturated heterocycles. The fourth-order valence-electron chi connectivity index (χ4n) is 2.29. The SMILES string of the molecule is CC(=O)SCCC(O)C(O)c1ccc2[nH]c(C)cc(=O)c2c1. The van der Waals surface area contributed by atoms with Gasteiger partial charge in [-0.25, -0.2) is 0 Å². The summed E-state index contributed by atoms with van der Waals surface area (Å²) in [5.74, 6) is 0.445. The normalized spacial score (nSPS) is 14.0. The van der Waals surface area contributed by atoms with Gasteiger partial charge in [-0.15, -0.1) is 0 Å². The lowest BCUT2D eigenvalue weighted by atomic mass is 10.0. The highest BCUT2D eigenvalue weighted by Gasteiger charge is 2.19. The third-order valence-electron chi connectivity index (χ3n) is 3.41. The first-order valence-corrected chi connectivity index (χ1v) is 8.00. The fourth-order valence-corrected chi connectivity index (χ4v) is 2.93. The number of nitrogens with one attached hydrogen (secondary N) is 1. The van der Waals surface area contributed by atoms with Gasteiger partial charge in [-0.05, 0) is 31.0 Å². The Labute approximate surface area is 132 Å². The first-order valence-electron chi connectivity index (χ1n) is 7.01. The molecule has 118 valence electrons. The Kier molecular flexibility index (Phi) is 5.39. The predicted molar refractivity (Wildman–Crippen MR) is 88.0 cm³/mol. The number of hydrogen-bond donors (Lipinski definition) is 3. The largest absolute Gasteiger partial charge is 0.390 e. The molecule has 0 spiro atoms. The second kappa shape index (κ2) is 7.09. The van der Waals surface area contributed by atoms with Crippen molar-refractivity contribution in [2.75, 3.05) is 5.75 Å². The van der Waals surface area contributed by atoms with Crippen molar-refractivity contribution < 1.29 is 15.0 Å². The van der Waals surface area contributed by atoms with Crippen molar-refractivity contribution in [2.24, 2.45) is 0 Å². The minimum Gasteiger partial charge on any atom is -0.390 e. The van der Waals surface area contributed by atoms with Crippen LogP contribution in [-0.2, 0) is 4.79 Å². The Bertz CT molecular complexity index is 740. The molecule has 0 bridgehead atoms. The Hall–Kier alpha value is -1.63. The van der Waals surface area contributed by atoms with E-state index >= 15 is 0 Å². The number of aliphatic hydroxyl groups excluding tert-OH is 2. The van der Waals surface area contributed by atoms with E-state index < -0.39 is 12.2 Å². The monoisotopic (exact) mass is 321 g/mol. The van der Waals surface area contributed by atoms with Gasteiger partial charge in [0.1, 0.15) is 6.10 Å². The molecule has 6 heteroatoms. The minimum absolute atomic E-state index is 0.0192. The molecule has 2 rings (SSSR count). The highest BCUT2D eigenvalue weighted by atomic mass is 32.2. The Morgan fingerprint density at radius 2 is 2.05 bits per heavy atom. The Morgan fingerprint density at radius 3 is 2.73 bits per heavy atom. The number of aromatic amines is 1. The topological polar surface area (TPSA) is 90.4 Å². The third kappa shape index (κ3) is 3.97. The molecule has 0 aliphatic rings. The van der Waals surface area contributed by atoms with Gasteiger partial charge in [0.2, 0.25) is 0 Å². The van der Waals surface area contributed by atoms with Gasteiger partial charge in [0, 0.05) is 35.3 Å². The highest BCUT2D eigenvalue weighted by molar-refractivity contribution is 8.13. The molecular weight excluding hydrogens is 302 g/mol. The molecular formula is C16H19NO4S. The summed E-state index contributed by atoms with van der Waals surface area (Å²) in [6.45, 7) is 3.27. The molecule has 2 aromatic rings. The number of rotatable bonds is 5. The van der Waals surface area contributed by atoms with E-state index in [1.807, 2.05) is 0 Å². The third-order valence-corrected chi connectivity index (χ3v) is 4.26. The second-order valence-corrected chi connectivity index (χ2v) is 6.53. The van der Waals surface area contributed by atoms with E-state index in [9.17, 15) is 19.8 Å². The summed E-state index contributed by atoms with van der Waals surface area (Å²) in [5.41, 5.74) is 1.83. The van der Waals surface area contributed by atoms with Crippen molar-refractivity contribution in [3.05, 3.63) is 45.7 Å². The van der Waals surface area contributed by atoms with Crippen LogP contribution in [0.15, 0.2) is 29.1 Å². The lowest BCUT2D eigenvalue weighted by molar-refractivity contribution is -0.109. The van der Waals surface area contributed by atoms with Crippen LogP contribution in [0.2, 0.25) is 0 Å². The number of carbonyl (C=O) groups excluding carboxylic acids is 1. The zero-order chi connectivity index (χ0) is 16.3. The molecule has 0 saturated carbocycles. The standard InChI is InChI=1S/C16H19NO4S/c1-9-7-15(20)12-8-11(3-4-13(12)17-9)16(21)14(19)5-6-22-10(2)18/h3-4,7-8,14,16,19,21H,5-6H2,1-2H3,(H,17,20). The number of carbonyl (C=O) groups is 1. The van der Waals surface area contributed by atoms with Crippen LogP contribution in [0.3, 0.4) is 0 Å². The van der Waals surface area contributed by atoms with Crippen LogP contribution in [0.5, 0.6) is 0 Å². The maximum atomic E-state index is 12.0. The molecule has 2 unspecified atom stereocenters. The van der Waals surface area contributed by atoms with Crippen LogP contribution >= 0.6 is 11.8 Å². The molecule has 0 fully saturated rings. The summed E-state index contributed by atoms with van der Waals surface area (Å²) in [7, 11) is 0. The first-order chi connectivity index (χ1) is 10.4. The molecule has 22 heavy (non-hydrogen) atoms. The number of pyridine rings is 1. The quantitative estimate of drug-likeness (QED) is 0.782. The first kappa shape index (κ1) is 16.7. The molecule has 1 aromatic heterocycles. The van der Waals surface area contributed by atoms with Crippen molar-refractivity contribution in [3.8, 4) is 0 Å². The summed E-state index contributed by atoms with van der Waals surface area (Å²) in [6.07, 6.45) is -1.76. The average molecular weight is 321 g/mol. The highest BCUT2D eigenvalue weighted by Crippen LogP contribution is 2.23. The molecule has 0 aliphatic carbocycles. The van der Waals surface area contributed by atoms with Gasteiger partial charge >= 0.3 is 0 Å². The lowest BCUT2D eigenvalue weighted by Gasteiger charge is -2.18. The van der Waals surface area contributed by atoms with Crippen molar-refractivity contribution in [3.63, 3.8) is 0 Å². The van der Waals surface area contributed by atoms with E-state index in [1.54, 1.807) is 25.1 Å². The number of aliphatic hydroxyl groups is 2. The Morgan fingerprint density at radius 1 is 1.32 bits per heavy atom. The van der Waals surface area contributed by atoms with E-state index in [-0.39, 0.29) is 10.5 Å². The van der Waals surface area contributed by atoms with Crippen molar-refractivity contribution in [2.45, 2.75) is 32.5 Å². The van der Waals surface area contributed by atoms with E-state index in [4.69, 9.17) is 0 Å². The van der Waals surface area contributed by atoms with Crippen LogP contribution < -0.4 is 5.43 Å². The van der Waals surface area contributed by atoms with E-state index in [1.165, 1.54) is 13.0 Å². The number of fused-ring (bicyclic) bond motifs is 1. The van der Waals surface area contributed by atoms with Gasteiger partial charge in [-0.2, -0.15) is 0 Å². The predicted octanol–water partition coefficient (Wildman–Crippen LogP) is 1.90. The van der Waals surface area contributed by atoms with Gasteiger partial charge in [-0.3, -0.25) is 9.59 Å². The molecule has 1 heterocycles. The van der Waals surface area contributed by atoms with E-state index in [0.717, 1.165) is 17.5 Å².